The van der Waals surface area contributed by atoms with Crippen molar-refractivity contribution in [1.82, 2.24) is 9.80 Å². The van der Waals surface area contributed by atoms with Gasteiger partial charge >= 0.3 is 0 Å². The van der Waals surface area contributed by atoms with Crippen molar-refractivity contribution in [3.63, 3.8) is 0 Å². The Hall–Kier alpha value is -3.83. The predicted octanol–water partition coefficient (Wildman–Crippen LogP) is 8.54. The number of aromatic hydroxyl groups is 1. The summed E-state index contributed by atoms with van der Waals surface area (Å²) in [5.41, 5.74) is 8.09. The van der Waals surface area contributed by atoms with Crippen LogP contribution in [-0.2, 0) is 30.3 Å². The number of aryl methyl sites for hydroxylation is 1. The Labute approximate surface area is 268 Å². The molecule has 1 amide bonds. The van der Waals surface area contributed by atoms with Crippen LogP contribution in [0.5, 0.6) is 5.75 Å². The van der Waals surface area contributed by atoms with Gasteiger partial charge < -0.3 is 14.4 Å². The highest BCUT2D eigenvalue weighted by Gasteiger charge is 2.37. The van der Waals surface area contributed by atoms with Gasteiger partial charge in [0.05, 0.1) is 0 Å². The van der Waals surface area contributed by atoms with Gasteiger partial charge in [-0.15, -0.1) is 0 Å². The summed E-state index contributed by atoms with van der Waals surface area (Å²) in [6.07, 6.45) is 4.85. The zero-order valence-corrected chi connectivity index (χ0v) is 27.6. The van der Waals surface area contributed by atoms with Crippen LogP contribution < -0.4 is 0 Å². The molecule has 1 aliphatic heterocycles. The fraction of sp³-hybridized carbons (Fsp3) is 0.425. The van der Waals surface area contributed by atoms with Crippen LogP contribution in [0, 0.1) is 6.92 Å². The molecule has 1 N–H and O–H groups in total. The number of hydrogen-bond acceptors (Lipinski definition) is 4. The van der Waals surface area contributed by atoms with E-state index in [0.717, 1.165) is 43.8 Å². The quantitative estimate of drug-likeness (QED) is 0.219. The Morgan fingerprint density at radius 2 is 1.51 bits per heavy atom. The molecule has 5 heteroatoms. The summed E-state index contributed by atoms with van der Waals surface area (Å²) in [4.78, 5) is 18.6. The van der Waals surface area contributed by atoms with E-state index in [1.165, 1.54) is 40.7 Å². The van der Waals surface area contributed by atoms with Crippen LogP contribution in [0.2, 0.25) is 0 Å². The van der Waals surface area contributed by atoms with Crippen LogP contribution >= 0.6 is 0 Å². The number of carbonyl (C=O) groups is 1. The molecular weight excluding hydrogens is 556 g/mol. The van der Waals surface area contributed by atoms with Gasteiger partial charge in [-0.05, 0) is 101 Å². The lowest BCUT2D eigenvalue weighted by molar-refractivity contribution is 0.0511. The van der Waals surface area contributed by atoms with E-state index in [1.54, 1.807) is 12.1 Å². The molecule has 1 aliphatic carbocycles. The molecule has 6 rings (SSSR count). The lowest BCUT2D eigenvalue weighted by Gasteiger charge is -2.42. The summed E-state index contributed by atoms with van der Waals surface area (Å²) in [5, 5.41) is 9.84. The molecule has 1 aromatic heterocycles. The number of carbonyl (C=O) groups excluding carboxylic acids is 1. The zero-order chi connectivity index (χ0) is 31.8. The van der Waals surface area contributed by atoms with Crippen molar-refractivity contribution >= 4 is 5.91 Å². The SMILES string of the molecule is Cc1cc2c(cc1Cc1ccc(C(=O)N(Cc3ccc(O)cc3)C3CCN(Cc4ccccc4)CC3)o1)C(C)(C)CCC2(C)C. The van der Waals surface area contributed by atoms with Gasteiger partial charge in [-0.3, -0.25) is 9.69 Å². The standard InChI is InChI=1S/C40H48N2O3/c1-28-23-35-36(40(4,5)20-19-39(35,2)3)25-31(28)24-34-15-16-37(45-34)38(44)42(27-30-11-13-33(43)14-12-30)32-17-21-41(22-18-32)26-29-9-7-6-8-10-29/h6-16,23,25,32,43H,17-22,24,26-27H2,1-5H3. The molecule has 0 radical (unpaired) electrons. The molecule has 3 aromatic carbocycles. The summed E-state index contributed by atoms with van der Waals surface area (Å²) in [6.45, 7) is 14.9. The monoisotopic (exact) mass is 604 g/mol. The summed E-state index contributed by atoms with van der Waals surface area (Å²) in [7, 11) is 0. The number of nitrogens with zero attached hydrogens (tertiary/aromatic N) is 2. The van der Waals surface area contributed by atoms with Gasteiger partial charge in [0.2, 0.25) is 0 Å². The van der Waals surface area contributed by atoms with Crippen molar-refractivity contribution in [1.29, 1.82) is 0 Å². The number of likely N-dealkylation sites (tertiary alicyclic amines) is 1. The maximum absolute atomic E-state index is 14.1. The zero-order valence-electron chi connectivity index (χ0n) is 27.6. The molecule has 1 saturated heterocycles. The number of amides is 1. The molecule has 45 heavy (non-hydrogen) atoms. The third-order valence-electron chi connectivity index (χ3n) is 10.3. The maximum Gasteiger partial charge on any atom is 0.290 e. The highest BCUT2D eigenvalue weighted by Crippen LogP contribution is 2.46. The van der Waals surface area contributed by atoms with E-state index >= 15 is 0 Å². The topological polar surface area (TPSA) is 56.9 Å². The van der Waals surface area contributed by atoms with Crippen molar-refractivity contribution in [3.8, 4) is 5.75 Å². The number of piperidine rings is 1. The minimum atomic E-state index is -0.0686. The van der Waals surface area contributed by atoms with E-state index in [2.05, 4.69) is 82.0 Å². The van der Waals surface area contributed by atoms with Gasteiger partial charge in [0.15, 0.2) is 5.76 Å². The highest BCUT2D eigenvalue weighted by molar-refractivity contribution is 5.91. The van der Waals surface area contributed by atoms with E-state index in [-0.39, 0.29) is 28.5 Å². The van der Waals surface area contributed by atoms with Gasteiger partial charge in [-0.1, -0.05) is 82.3 Å². The highest BCUT2D eigenvalue weighted by atomic mass is 16.4. The summed E-state index contributed by atoms with van der Waals surface area (Å²) in [5.74, 6) is 1.37. The summed E-state index contributed by atoms with van der Waals surface area (Å²) < 4.78 is 6.33. The van der Waals surface area contributed by atoms with Crippen molar-refractivity contribution in [3.05, 3.63) is 124 Å². The van der Waals surface area contributed by atoms with Gasteiger partial charge in [-0.2, -0.15) is 0 Å². The average molecular weight is 605 g/mol. The number of fused-ring (bicyclic) bond motifs is 1. The molecule has 4 aromatic rings. The smallest absolute Gasteiger partial charge is 0.290 e. The molecule has 2 aliphatic rings. The third kappa shape index (κ3) is 6.89. The Morgan fingerprint density at radius 1 is 0.867 bits per heavy atom. The van der Waals surface area contributed by atoms with Gasteiger partial charge in [-0.25, -0.2) is 0 Å². The number of hydrogen-bond donors (Lipinski definition) is 1. The van der Waals surface area contributed by atoms with Crippen LogP contribution in [0.4, 0.5) is 0 Å². The van der Waals surface area contributed by atoms with Gasteiger partial charge in [0.25, 0.3) is 5.91 Å². The largest absolute Gasteiger partial charge is 0.508 e. The number of furan rings is 1. The van der Waals surface area contributed by atoms with Crippen LogP contribution in [0.3, 0.4) is 0 Å². The number of rotatable bonds is 8. The second-order valence-corrected chi connectivity index (χ2v) is 14.6. The van der Waals surface area contributed by atoms with E-state index < -0.39 is 0 Å². The molecule has 0 spiro atoms. The van der Waals surface area contributed by atoms with Crippen LogP contribution in [-0.4, -0.2) is 39.9 Å². The van der Waals surface area contributed by atoms with Crippen molar-refractivity contribution in [2.75, 3.05) is 13.1 Å². The first kappa shape index (κ1) is 31.2. The summed E-state index contributed by atoms with van der Waals surface area (Å²) in [6, 6.07) is 26.5. The molecule has 2 heterocycles. The Kier molecular flexibility index (Phi) is 8.67. The fourth-order valence-corrected chi connectivity index (χ4v) is 7.27. The van der Waals surface area contributed by atoms with Gasteiger partial charge in [0, 0.05) is 38.6 Å². The first-order valence-corrected chi connectivity index (χ1v) is 16.6. The first-order chi connectivity index (χ1) is 21.5. The van der Waals surface area contributed by atoms with Crippen LogP contribution in [0.1, 0.15) is 103 Å². The first-order valence-electron chi connectivity index (χ1n) is 16.6. The van der Waals surface area contributed by atoms with Crippen molar-refractivity contribution < 1.29 is 14.3 Å². The molecular formula is C40H48N2O3. The second kappa shape index (κ2) is 12.5. The van der Waals surface area contributed by atoms with Crippen LogP contribution in [0.15, 0.2) is 83.3 Å². The van der Waals surface area contributed by atoms with Crippen LogP contribution in [0.25, 0.3) is 0 Å². The van der Waals surface area contributed by atoms with Crippen molar-refractivity contribution in [2.24, 2.45) is 0 Å². The van der Waals surface area contributed by atoms with Crippen molar-refractivity contribution in [2.45, 2.75) is 96.7 Å². The van der Waals surface area contributed by atoms with E-state index in [1.807, 2.05) is 29.2 Å². The van der Waals surface area contributed by atoms with E-state index in [0.29, 0.717) is 18.7 Å². The minimum Gasteiger partial charge on any atom is -0.508 e. The maximum atomic E-state index is 14.1. The fourth-order valence-electron chi connectivity index (χ4n) is 7.27. The number of benzene rings is 3. The summed E-state index contributed by atoms with van der Waals surface area (Å²) >= 11 is 0. The van der Waals surface area contributed by atoms with E-state index in [9.17, 15) is 9.90 Å². The molecule has 0 bridgehead atoms. The molecule has 0 unspecified atom stereocenters. The Balaban J connectivity index is 1.20. The second-order valence-electron chi connectivity index (χ2n) is 14.6. The Bertz CT molecular complexity index is 1630. The average Bonchev–Trinajstić information content (AvgIpc) is 3.49. The number of phenolic OH excluding ortho intramolecular Hbond substituents is 1. The van der Waals surface area contributed by atoms with E-state index in [4.69, 9.17) is 4.42 Å². The van der Waals surface area contributed by atoms with Gasteiger partial charge in [0.1, 0.15) is 11.5 Å². The predicted molar refractivity (Wildman–Crippen MR) is 181 cm³/mol. The minimum absolute atomic E-state index is 0.0686. The molecule has 1 fully saturated rings. The molecule has 0 atom stereocenters. The normalized spacial score (nSPS) is 18.0. The molecule has 0 saturated carbocycles. The molecule has 5 nitrogen and oxygen atoms in total. The third-order valence-corrected chi connectivity index (χ3v) is 10.3. The Morgan fingerprint density at radius 3 is 2.18 bits per heavy atom. The lowest BCUT2D eigenvalue weighted by atomic mass is 9.62. The number of phenols is 1. The lowest BCUT2D eigenvalue weighted by Crippen LogP contribution is -2.46. The molecule has 236 valence electrons.